The van der Waals surface area contributed by atoms with Crippen molar-refractivity contribution < 1.29 is 18.7 Å². The Morgan fingerprint density at radius 3 is 2.73 bits per heavy atom. The van der Waals surface area contributed by atoms with Crippen molar-refractivity contribution in [1.29, 1.82) is 0 Å². The molecule has 1 aromatic heterocycles. The van der Waals surface area contributed by atoms with Crippen molar-refractivity contribution in [2.75, 3.05) is 13.2 Å². The van der Waals surface area contributed by atoms with Gasteiger partial charge in [0.25, 0.3) is 0 Å². The first-order valence-corrected chi connectivity index (χ1v) is 9.74. The Kier molecular flexibility index (Phi) is 5.56. The van der Waals surface area contributed by atoms with Gasteiger partial charge in [-0.2, -0.15) is 5.10 Å². The maximum Gasteiger partial charge on any atom is 0.315 e. The zero-order valence-corrected chi connectivity index (χ0v) is 16.8. The van der Waals surface area contributed by atoms with Crippen LogP contribution in [0.4, 0.5) is 9.18 Å². The van der Waals surface area contributed by atoms with Crippen molar-refractivity contribution in [3.63, 3.8) is 0 Å². The van der Waals surface area contributed by atoms with Crippen LogP contribution >= 0.6 is 0 Å². The number of hydrogen-bond acceptors (Lipinski definition) is 4. The number of carbonyl (C=O) groups excluding carboxylic acids is 1. The lowest BCUT2D eigenvalue weighted by Crippen LogP contribution is -2.45. The molecule has 4 rings (SSSR count). The molecule has 3 aromatic rings. The second kappa shape index (κ2) is 8.44. The summed E-state index contributed by atoms with van der Waals surface area (Å²) in [5.74, 6) is 1.08. The lowest BCUT2D eigenvalue weighted by atomic mass is 10.1. The fraction of sp³-hybridized carbons (Fsp3) is 0.273. The largest absolute Gasteiger partial charge is 0.486 e. The van der Waals surface area contributed by atoms with Crippen LogP contribution in [0.5, 0.6) is 11.5 Å². The number of carbonyl (C=O) groups is 1. The van der Waals surface area contributed by atoms with Gasteiger partial charge in [0.15, 0.2) is 17.6 Å². The standard InChI is InChI=1S/C22H23FN4O3/c1-14(19-12-25-27(15(19)2)17-9-7-16(23)8-10-17)26-22(28)24-11-18-13-29-20-5-3-4-6-21(20)30-18/h3-10,12,14,18H,11,13H2,1-2H3,(H2,24,26,28)/t14-,18+/m1/s1. The molecule has 1 aliphatic rings. The Hall–Kier alpha value is -3.55. The van der Waals surface area contributed by atoms with Gasteiger partial charge in [-0.25, -0.2) is 13.9 Å². The number of aromatic nitrogens is 2. The molecule has 0 saturated heterocycles. The molecule has 156 valence electrons. The van der Waals surface area contributed by atoms with E-state index in [1.165, 1.54) is 12.1 Å². The van der Waals surface area contributed by atoms with Crippen molar-refractivity contribution in [3.05, 3.63) is 71.8 Å². The number of benzene rings is 2. The van der Waals surface area contributed by atoms with Gasteiger partial charge >= 0.3 is 6.03 Å². The highest BCUT2D eigenvalue weighted by Crippen LogP contribution is 2.30. The number of amides is 2. The second-order valence-electron chi connectivity index (χ2n) is 7.15. The molecule has 0 aliphatic carbocycles. The van der Waals surface area contributed by atoms with E-state index in [9.17, 15) is 9.18 Å². The van der Waals surface area contributed by atoms with Crippen LogP contribution in [0.1, 0.15) is 24.2 Å². The molecule has 2 aromatic carbocycles. The molecule has 0 spiro atoms. The van der Waals surface area contributed by atoms with E-state index >= 15 is 0 Å². The first-order chi connectivity index (χ1) is 14.5. The van der Waals surface area contributed by atoms with Crippen molar-refractivity contribution >= 4 is 6.03 Å². The van der Waals surface area contributed by atoms with Gasteiger partial charge in [0.05, 0.1) is 24.5 Å². The van der Waals surface area contributed by atoms with Gasteiger partial charge in [-0.1, -0.05) is 12.1 Å². The van der Waals surface area contributed by atoms with Crippen LogP contribution in [-0.4, -0.2) is 35.1 Å². The van der Waals surface area contributed by atoms with Crippen LogP contribution < -0.4 is 20.1 Å². The smallest absolute Gasteiger partial charge is 0.315 e. The van der Waals surface area contributed by atoms with Crippen LogP contribution in [0.3, 0.4) is 0 Å². The summed E-state index contributed by atoms with van der Waals surface area (Å²) in [6.45, 7) is 4.48. The van der Waals surface area contributed by atoms with Gasteiger partial charge in [0, 0.05) is 11.3 Å². The number of urea groups is 1. The van der Waals surface area contributed by atoms with Crippen LogP contribution in [0, 0.1) is 12.7 Å². The molecule has 0 radical (unpaired) electrons. The maximum atomic E-state index is 13.2. The Morgan fingerprint density at radius 2 is 1.97 bits per heavy atom. The van der Waals surface area contributed by atoms with E-state index in [1.54, 1.807) is 23.0 Å². The molecular weight excluding hydrogens is 387 g/mol. The molecule has 8 heteroatoms. The number of ether oxygens (including phenoxy) is 2. The Balaban J connectivity index is 1.32. The SMILES string of the molecule is Cc1c([C@@H](C)NC(=O)NC[C@H]2COc3ccccc3O2)cnn1-c1ccc(F)cc1. The summed E-state index contributed by atoms with van der Waals surface area (Å²) >= 11 is 0. The minimum absolute atomic E-state index is 0.260. The van der Waals surface area contributed by atoms with Gasteiger partial charge in [0.1, 0.15) is 12.4 Å². The number of nitrogens with one attached hydrogen (secondary N) is 2. The van der Waals surface area contributed by atoms with Crippen molar-refractivity contribution in [2.24, 2.45) is 0 Å². The fourth-order valence-electron chi connectivity index (χ4n) is 3.39. The molecule has 2 N–H and O–H groups in total. The summed E-state index contributed by atoms with van der Waals surface area (Å²) in [6.07, 6.45) is 1.45. The number of nitrogens with zero attached hydrogens (tertiary/aromatic N) is 2. The quantitative estimate of drug-likeness (QED) is 0.675. The van der Waals surface area contributed by atoms with Crippen molar-refractivity contribution in [3.8, 4) is 17.2 Å². The summed E-state index contributed by atoms with van der Waals surface area (Å²) in [6, 6.07) is 13.0. The van der Waals surface area contributed by atoms with Crippen molar-refractivity contribution in [1.82, 2.24) is 20.4 Å². The lowest BCUT2D eigenvalue weighted by Gasteiger charge is -2.26. The number of halogens is 1. The van der Waals surface area contributed by atoms with Crippen molar-refractivity contribution in [2.45, 2.75) is 26.0 Å². The molecular formula is C22H23FN4O3. The third-order valence-corrected chi connectivity index (χ3v) is 4.99. The molecule has 0 unspecified atom stereocenters. The van der Waals surface area contributed by atoms with E-state index in [2.05, 4.69) is 15.7 Å². The first-order valence-electron chi connectivity index (χ1n) is 9.74. The highest BCUT2D eigenvalue weighted by molar-refractivity contribution is 5.74. The van der Waals surface area contributed by atoms with E-state index in [-0.39, 0.29) is 24.0 Å². The molecule has 2 atom stereocenters. The third-order valence-electron chi connectivity index (χ3n) is 4.99. The molecule has 7 nitrogen and oxygen atoms in total. The molecule has 0 fully saturated rings. The Morgan fingerprint density at radius 1 is 1.23 bits per heavy atom. The molecule has 0 saturated carbocycles. The maximum absolute atomic E-state index is 13.2. The summed E-state index contributed by atoms with van der Waals surface area (Å²) in [5, 5.41) is 10.1. The van der Waals surface area contributed by atoms with E-state index in [0.29, 0.717) is 24.7 Å². The number of fused-ring (bicyclic) bond motifs is 1. The Bertz CT molecular complexity index is 1040. The average Bonchev–Trinajstić information content (AvgIpc) is 3.14. The monoisotopic (exact) mass is 410 g/mol. The minimum atomic E-state index is -0.307. The van der Waals surface area contributed by atoms with Crippen LogP contribution in [0.15, 0.2) is 54.7 Å². The normalized spacial score (nSPS) is 16.0. The number of para-hydroxylation sites is 2. The predicted octanol–water partition coefficient (Wildman–Crippen LogP) is 3.52. The number of hydrogen-bond donors (Lipinski definition) is 2. The van der Waals surface area contributed by atoms with E-state index < -0.39 is 0 Å². The summed E-state index contributed by atoms with van der Waals surface area (Å²) in [5.41, 5.74) is 2.50. The second-order valence-corrected chi connectivity index (χ2v) is 7.15. The van der Waals surface area contributed by atoms with E-state index in [1.807, 2.05) is 38.1 Å². The fourth-order valence-corrected chi connectivity index (χ4v) is 3.39. The Labute approximate surface area is 173 Å². The molecule has 0 bridgehead atoms. The molecule has 1 aliphatic heterocycles. The summed E-state index contributed by atoms with van der Waals surface area (Å²) < 4.78 is 26.4. The predicted molar refractivity (Wildman–Crippen MR) is 110 cm³/mol. The average molecular weight is 410 g/mol. The summed E-state index contributed by atoms with van der Waals surface area (Å²) in [7, 11) is 0. The topological polar surface area (TPSA) is 77.4 Å². The van der Waals surface area contributed by atoms with Gasteiger partial charge in [-0.05, 0) is 50.2 Å². The van der Waals surface area contributed by atoms with Gasteiger partial charge < -0.3 is 20.1 Å². The van der Waals surface area contributed by atoms with Gasteiger partial charge in [-0.3, -0.25) is 0 Å². The zero-order valence-electron chi connectivity index (χ0n) is 16.8. The highest BCUT2D eigenvalue weighted by Gasteiger charge is 2.22. The molecule has 2 heterocycles. The van der Waals surface area contributed by atoms with Gasteiger partial charge in [-0.15, -0.1) is 0 Å². The first kappa shape index (κ1) is 19.8. The highest BCUT2D eigenvalue weighted by atomic mass is 19.1. The number of rotatable bonds is 5. The van der Waals surface area contributed by atoms with Crippen LogP contribution in [0.2, 0.25) is 0 Å². The van der Waals surface area contributed by atoms with Crippen LogP contribution in [0.25, 0.3) is 5.69 Å². The molecule has 2 amide bonds. The van der Waals surface area contributed by atoms with E-state index in [0.717, 1.165) is 16.9 Å². The lowest BCUT2D eigenvalue weighted by molar-refractivity contribution is 0.0917. The zero-order chi connectivity index (χ0) is 21.1. The van der Waals surface area contributed by atoms with E-state index in [4.69, 9.17) is 9.47 Å². The van der Waals surface area contributed by atoms with Gasteiger partial charge in [0.2, 0.25) is 0 Å². The molecule has 30 heavy (non-hydrogen) atoms. The minimum Gasteiger partial charge on any atom is -0.486 e. The van der Waals surface area contributed by atoms with Crippen LogP contribution in [-0.2, 0) is 0 Å². The third kappa shape index (κ3) is 4.22. The summed E-state index contributed by atoms with van der Waals surface area (Å²) in [4.78, 5) is 12.4.